The standard InChI is InChI=1S/C23H30BN3O2S/c1-23(2,3)17-9-7-16(8-10-17)21(29)27-22(30)26-19-13-11-18(12-14-19)25-20(28)6-4-5-15-24/h7-14H,4-6,15,24H2,1-3H3,(H,25,28)(H2,26,27,29,30). The Morgan fingerprint density at radius 1 is 0.900 bits per heavy atom. The average Bonchev–Trinajstić information content (AvgIpc) is 2.69. The van der Waals surface area contributed by atoms with Crippen LogP contribution in [0.4, 0.5) is 11.4 Å². The van der Waals surface area contributed by atoms with Crippen molar-refractivity contribution in [1.29, 1.82) is 0 Å². The molecule has 0 aliphatic heterocycles. The van der Waals surface area contributed by atoms with Gasteiger partial charge in [-0.15, -0.1) is 0 Å². The number of benzene rings is 2. The summed E-state index contributed by atoms with van der Waals surface area (Å²) in [6.07, 6.45) is 3.57. The zero-order valence-corrected chi connectivity index (χ0v) is 19.0. The van der Waals surface area contributed by atoms with E-state index in [4.69, 9.17) is 12.2 Å². The summed E-state index contributed by atoms with van der Waals surface area (Å²) in [5.41, 5.74) is 3.21. The van der Waals surface area contributed by atoms with E-state index in [1.807, 2.05) is 12.1 Å². The van der Waals surface area contributed by atoms with E-state index in [1.165, 1.54) is 0 Å². The highest BCUT2D eigenvalue weighted by Crippen LogP contribution is 2.22. The van der Waals surface area contributed by atoms with E-state index in [0.717, 1.165) is 36.1 Å². The van der Waals surface area contributed by atoms with Gasteiger partial charge in [-0.2, -0.15) is 0 Å². The number of rotatable bonds is 7. The first-order chi connectivity index (χ1) is 14.2. The number of thiocarbonyl (C=S) groups is 1. The second kappa shape index (κ2) is 10.9. The van der Waals surface area contributed by atoms with Gasteiger partial charge in [-0.3, -0.25) is 14.9 Å². The molecule has 0 aromatic heterocycles. The number of hydrogen-bond donors (Lipinski definition) is 3. The fourth-order valence-corrected chi connectivity index (χ4v) is 3.07. The molecule has 7 heteroatoms. The Labute approximate surface area is 185 Å². The summed E-state index contributed by atoms with van der Waals surface area (Å²) in [4.78, 5) is 24.3. The number of unbranched alkanes of at least 4 members (excludes halogenated alkanes) is 1. The van der Waals surface area contributed by atoms with Gasteiger partial charge in [-0.25, -0.2) is 0 Å². The highest BCUT2D eigenvalue weighted by molar-refractivity contribution is 7.80. The lowest BCUT2D eigenvalue weighted by atomic mass is 9.87. The Kier molecular flexibility index (Phi) is 8.60. The van der Waals surface area contributed by atoms with Crippen molar-refractivity contribution in [2.45, 2.75) is 51.8 Å². The predicted octanol–water partition coefficient (Wildman–Crippen LogP) is 4.27. The lowest BCUT2D eigenvalue weighted by Crippen LogP contribution is -2.34. The molecular formula is C23H30BN3O2S. The number of carbonyl (C=O) groups excluding carboxylic acids is 2. The third-order valence-corrected chi connectivity index (χ3v) is 4.88. The Morgan fingerprint density at radius 2 is 1.47 bits per heavy atom. The molecule has 0 aliphatic carbocycles. The molecule has 0 bridgehead atoms. The molecule has 0 fully saturated rings. The van der Waals surface area contributed by atoms with Crippen molar-refractivity contribution < 1.29 is 9.59 Å². The lowest BCUT2D eigenvalue weighted by molar-refractivity contribution is -0.116. The molecule has 2 amide bonds. The Balaban J connectivity index is 1.85. The van der Waals surface area contributed by atoms with Gasteiger partial charge in [0.05, 0.1) is 0 Å². The van der Waals surface area contributed by atoms with Crippen molar-refractivity contribution in [3.05, 3.63) is 59.7 Å². The summed E-state index contributed by atoms with van der Waals surface area (Å²) in [6, 6.07) is 14.7. The van der Waals surface area contributed by atoms with Crippen LogP contribution >= 0.6 is 12.2 Å². The first-order valence-corrected chi connectivity index (χ1v) is 10.7. The maximum absolute atomic E-state index is 12.4. The summed E-state index contributed by atoms with van der Waals surface area (Å²) in [5.74, 6) is -0.242. The van der Waals surface area contributed by atoms with Crippen LogP contribution < -0.4 is 16.0 Å². The maximum atomic E-state index is 12.4. The molecule has 0 heterocycles. The third-order valence-electron chi connectivity index (χ3n) is 4.67. The summed E-state index contributed by atoms with van der Waals surface area (Å²) >= 11 is 5.25. The fourth-order valence-electron chi connectivity index (χ4n) is 2.86. The van der Waals surface area contributed by atoms with Gasteiger partial charge in [0.1, 0.15) is 7.85 Å². The molecule has 0 radical (unpaired) electrons. The molecular weight excluding hydrogens is 393 g/mol. The number of anilines is 2. The Bertz CT molecular complexity index is 875. The predicted molar refractivity (Wildman–Crippen MR) is 131 cm³/mol. The monoisotopic (exact) mass is 423 g/mol. The smallest absolute Gasteiger partial charge is 0.257 e. The molecule has 30 heavy (non-hydrogen) atoms. The van der Waals surface area contributed by atoms with Gasteiger partial charge in [0.15, 0.2) is 5.11 Å². The average molecular weight is 423 g/mol. The summed E-state index contributed by atoms with van der Waals surface area (Å²) in [6.45, 7) is 6.39. The van der Waals surface area contributed by atoms with Crippen LogP contribution in [0.2, 0.25) is 6.32 Å². The van der Waals surface area contributed by atoms with Crippen LogP contribution in [0.3, 0.4) is 0 Å². The van der Waals surface area contributed by atoms with E-state index in [2.05, 4.69) is 44.6 Å². The molecule has 0 aliphatic rings. The second-order valence-electron chi connectivity index (χ2n) is 8.32. The Morgan fingerprint density at radius 3 is 2.00 bits per heavy atom. The van der Waals surface area contributed by atoms with Gasteiger partial charge in [-0.1, -0.05) is 45.6 Å². The zero-order valence-electron chi connectivity index (χ0n) is 18.2. The number of hydrogen-bond acceptors (Lipinski definition) is 3. The van der Waals surface area contributed by atoms with E-state index in [-0.39, 0.29) is 22.3 Å². The lowest BCUT2D eigenvalue weighted by Gasteiger charge is -2.19. The molecule has 0 saturated carbocycles. The molecule has 2 aromatic rings. The van der Waals surface area contributed by atoms with E-state index in [9.17, 15) is 9.59 Å². The van der Waals surface area contributed by atoms with Gasteiger partial charge in [0.2, 0.25) is 5.91 Å². The van der Waals surface area contributed by atoms with E-state index in [0.29, 0.717) is 12.0 Å². The Hall–Kier alpha value is -2.67. The fraction of sp³-hybridized carbons (Fsp3) is 0.348. The molecule has 5 nitrogen and oxygen atoms in total. The SMILES string of the molecule is BCCCCC(=O)Nc1ccc(NC(=S)NC(=O)c2ccc(C(C)(C)C)cc2)cc1. The summed E-state index contributed by atoms with van der Waals surface area (Å²) in [5, 5.41) is 8.78. The molecule has 0 unspecified atom stereocenters. The van der Waals surface area contributed by atoms with Gasteiger partial charge in [0, 0.05) is 23.4 Å². The highest BCUT2D eigenvalue weighted by atomic mass is 32.1. The molecule has 3 N–H and O–H groups in total. The third kappa shape index (κ3) is 7.63. The van der Waals surface area contributed by atoms with Crippen molar-refractivity contribution in [3.8, 4) is 0 Å². The molecule has 0 atom stereocenters. The first-order valence-electron chi connectivity index (χ1n) is 10.3. The highest BCUT2D eigenvalue weighted by Gasteiger charge is 2.14. The van der Waals surface area contributed by atoms with E-state index < -0.39 is 0 Å². The van der Waals surface area contributed by atoms with Gasteiger partial charge >= 0.3 is 0 Å². The van der Waals surface area contributed by atoms with Gasteiger partial charge in [-0.05, 0) is 66.0 Å². The number of carbonyl (C=O) groups is 2. The largest absolute Gasteiger partial charge is 0.332 e. The normalized spacial score (nSPS) is 10.9. The van der Waals surface area contributed by atoms with Gasteiger partial charge < -0.3 is 10.6 Å². The van der Waals surface area contributed by atoms with Crippen LogP contribution in [-0.4, -0.2) is 24.8 Å². The molecule has 0 saturated heterocycles. The van der Waals surface area contributed by atoms with Crippen molar-refractivity contribution in [2.75, 3.05) is 10.6 Å². The minimum atomic E-state index is -0.260. The van der Waals surface area contributed by atoms with Crippen LogP contribution in [0.15, 0.2) is 48.5 Å². The molecule has 2 aromatic carbocycles. The van der Waals surface area contributed by atoms with Crippen molar-refractivity contribution in [3.63, 3.8) is 0 Å². The van der Waals surface area contributed by atoms with Crippen LogP contribution in [0.5, 0.6) is 0 Å². The number of amides is 2. The quantitative estimate of drug-likeness (QED) is 0.353. The van der Waals surface area contributed by atoms with Crippen LogP contribution in [-0.2, 0) is 10.2 Å². The van der Waals surface area contributed by atoms with Gasteiger partial charge in [0.25, 0.3) is 5.91 Å². The molecule has 2 rings (SSSR count). The van der Waals surface area contributed by atoms with E-state index in [1.54, 1.807) is 36.4 Å². The summed E-state index contributed by atoms with van der Waals surface area (Å²) in [7, 11) is 2.11. The molecule has 0 spiro atoms. The minimum Gasteiger partial charge on any atom is -0.332 e. The maximum Gasteiger partial charge on any atom is 0.257 e. The minimum absolute atomic E-state index is 0.0180. The van der Waals surface area contributed by atoms with Crippen LogP contribution in [0, 0.1) is 0 Å². The number of nitrogens with one attached hydrogen (secondary N) is 3. The first kappa shape index (κ1) is 23.6. The van der Waals surface area contributed by atoms with Crippen LogP contribution in [0.1, 0.15) is 56.0 Å². The topological polar surface area (TPSA) is 70.2 Å². The van der Waals surface area contributed by atoms with Crippen molar-refractivity contribution in [2.24, 2.45) is 0 Å². The summed E-state index contributed by atoms with van der Waals surface area (Å²) < 4.78 is 0. The van der Waals surface area contributed by atoms with Crippen molar-refractivity contribution >= 4 is 48.4 Å². The van der Waals surface area contributed by atoms with E-state index >= 15 is 0 Å². The molecule has 158 valence electrons. The van der Waals surface area contributed by atoms with Crippen molar-refractivity contribution in [1.82, 2.24) is 5.32 Å². The van der Waals surface area contributed by atoms with Crippen LogP contribution in [0.25, 0.3) is 0 Å². The second-order valence-corrected chi connectivity index (χ2v) is 8.73. The zero-order chi connectivity index (χ0) is 22.1.